The van der Waals surface area contributed by atoms with Crippen LogP contribution in [0.15, 0.2) is 45.8 Å². The number of allylic oxidation sites excluding steroid dienone is 4. The van der Waals surface area contributed by atoms with Crippen LogP contribution in [0.2, 0.25) is 0 Å². The minimum atomic E-state index is -4.14. The van der Waals surface area contributed by atoms with E-state index in [0.717, 1.165) is 29.1 Å². The van der Waals surface area contributed by atoms with E-state index >= 15 is 17.3 Å². The Balaban J connectivity index is 1.62. The molecule has 0 fully saturated rings. The van der Waals surface area contributed by atoms with Crippen molar-refractivity contribution < 1.29 is 26.2 Å². The fraction of sp³-hybridized carbons (Fsp3) is 0.308. The smallest absolute Gasteiger partial charge is 0.394 e. The molecule has 4 aliphatic heterocycles. The van der Waals surface area contributed by atoms with Crippen molar-refractivity contribution >= 4 is 37.5 Å². The summed E-state index contributed by atoms with van der Waals surface area (Å²) in [5.74, 6) is 0. The van der Waals surface area contributed by atoms with Crippen molar-refractivity contribution in [2.24, 2.45) is 0 Å². The predicted octanol–water partition coefficient (Wildman–Crippen LogP) is 5.98. The molecule has 0 aromatic carbocycles. The zero-order valence-corrected chi connectivity index (χ0v) is 21.8. The molecule has 0 amide bonds. The van der Waals surface area contributed by atoms with E-state index in [9.17, 15) is 0 Å². The summed E-state index contributed by atoms with van der Waals surface area (Å²) in [6, 6.07) is 3.54. The molecule has 0 spiro atoms. The number of hydrogen-bond donors (Lipinski definition) is 0. The van der Waals surface area contributed by atoms with Gasteiger partial charge in [0, 0.05) is 48.5 Å². The van der Waals surface area contributed by atoms with E-state index in [2.05, 4.69) is 0 Å². The minimum Gasteiger partial charge on any atom is -0.394 e. The van der Waals surface area contributed by atoms with Gasteiger partial charge in [-0.15, -0.1) is 0 Å². The van der Waals surface area contributed by atoms with Crippen molar-refractivity contribution in [3.63, 3.8) is 0 Å². The molecule has 0 saturated carbocycles. The van der Waals surface area contributed by atoms with Crippen molar-refractivity contribution in [2.45, 2.75) is 55.4 Å². The molecule has 4 nitrogen and oxygen atoms in total. The fourth-order valence-electron chi connectivity index (χ4n) is 6.54. The molecular formula is C26H28B2F4N4. The summed E-state index contributed by atoms with van der Waals surface area (Å²) in [4.78, 5) is 0. The zero-order valence-electron chi connectivity index (χ0n) is 21.8. The van der Waals surface area contributed by atoms with Crippen LogP contribution < -0.4 is 0 Å². The maximum atomic E-state index is 16.1. The molecule has 0 N–H and O–H groups in total. The average Bonchev–Trinajstić information content (AvgIpc) is 3.40. The van der Waals surface area contributed by atoms with Crippen molar-refractivity contribution in [2.75, 3.05) is 0 Å². The highest BCUT2D eigenvalue weighted by atomic mass is 19.3. The molecule has 0 radical (unpaired) electrons. The Labute approximate surface area is 208 Å². The molecule has 0 aliphatic carbocycles. The van der Waals surface area contributed by atoms with Gasteiger partial charge in [0.2, 0.25) is 0 Å². The lowest BCUT2D eigenvalue weighted by molar-refractivity contribution is -0.367. The van der Waals surface area contributed by atoms with Gasteiger partial charge in [-0.1, -0.05) is 0 Å². The number of nitrogens with zero attached hydrogens (tertiary/aromatic N) is 4. The molecule has 0 atom stereocenters. The third-order valence-corrected chi connectivity index (χ3v) is 8.80. The van der Waals surface area contributed by atoms with Crippen LogP contribution in [-0.2, 0) is 0 Å². The minimum absolute atomic E-state index is 0.369. The second kappa shape index (κ2) is 6.72. The van der Waals surface area contributed by atoms with Crippen molar-refractivity contribution in [1.29, 1.82) is 0 Å². The van der Waals surface area contributed by atoms with Gasteiger partial charge in [0.1, 0.15) is 11.4 Å². The molecule has 2 aromatic rings. The maximum absolute atomic E-state index is 16.1. The van der Waals surface area contributed by atoms with Crippen LogP contribution in [0.4, 0.5) is 17.3 Å². The number of aryl methyl sites for hydroxylation is 2. The van der Waals surface area contributed by atoms with E-state index in [4.69, 9.17) is 0 Å². The van der Waals surface area contributed by atoms with Crippen LogP contribution in [0.3, 0.4) is 0 Å². The molecule has 0 unspecified atom stereocenters. The van der Waals surface area contributed by atoms with Gasteiger partial charge >= 0.3 is 13.9 Å². The van der Waals surface area contributed by atoms with Crippen LogP contribution >= 0.6 is 0 Å². The second-order valence-electron chi connectivity index (χ2n) is 10.6. The van der Waals surface area contributed by atoms with Crippen LogP contribution in [0.25, 0.3) is 12.2 Å². The Hall–Kier alpha value is -3.29. The molecule has 4 aliphatic rings. The number of halogens is 4. The van der Waals surface area contributed by atoms with Crippen LogP contribution in [0, 0.1) is 27.7 Å². The first-order valence-electron chi connectivity index (χ1n) is 12.3. The Kier molecular flexibility index (Phi) is 4.32. The van der Waals surface area contributed by atoms with Crippen LogP contribution in [0.5, 0.6) is 0 Å². The predicted molar refractivity (Wildman–Crippen MR) is 138 cm³/mol. The van der Waals surface area contributed by atoms with Gasteiger partial charge in [-0.25, -0.2) is 0 Å². The van der Waals surface area contributed by atoms with E-state index in [1.54, 1.807) is 52.0 Å². The van der Waals surface area contributed by atoms with Gasteiger partial charge in [-0.05, 0) is 76.2 Å². The highest BCUT2D eigenvalue weighted by Gasteiger charge is 2.59. The Morgan fingerprint density at radius 1 is 0.583 bits per heavy atom. The summed E-state index contributed by atoms with van der Waals surface area (Å²) in [6.45, 7) is 5.77. The number of aromatic nitrogens is 2. The number of hydrogen-bond acceptors (Lipinski definition) is 0. The molecule has 0 saturated heterocycles. The van der Waals surface area contributed by atoms with Crippen LogP contribution in [0.1, 0.15) is 61.6 Å². The van der Waals surface area contributed by atoms with Crippen LogP contribution in [-0.4, -0.2) is 43.3 Å². The van der Waals surface area contributed by atoms with Crippen molar-refractivity contribution in [3.05, 3.63) is 79.7 Å². The summed E-state index contributed by atoms with van der Waals surface area (Å²) in [6.07, 6.45) is 3.55. The fourth-order valence-corrected chi connectivity index (χ4v) is 6.54. The third kappa shape index (κ3) is 2.47. The van der Waals surface area contributed by atoms with E-state index in [1.807, 2.05) is 27.7 Å². The third-order valence-electron chi connectivity index (χ3n) is 8.80. The Morgan fingerprint density at radius 3 is 1.25 bits per heavy atom. The van der Waals surface area contributed by atoms with Gasteiger partial charge in [-0.3, -0.25) is 0 Å². The first-order valence-corrected chi connectivity index (χ1v) is 12.3. The Morgan fingerprint density at radius 2 is 0.917 bits per heavy atom. The Bertz CT molecular complexity index is 1530. The van der Waals surface area contributed by atoms with Crippen molar-refractivity contribution in [3.8, 4) is 0 Å². The van der Waals surface area contributed by atoms with E-state index in [0.29, 0.717) is 67.9 Å². The molecule has 36 heavy (non-hydrogen) atoms. The van der Waals surface area contributed by atoms with Crippen molar-refractivity contribution in [1.82, 2.24) is 8.96 Å². The molecule has 10 heteroatoms. The molecule has 0 bridgehead atoms. The first-order chi connectivity index (χ1) is 16.7. The van der Waals surface area contributed by atoms with Gasteiger partial charge in [0.25, 0.3) is 0 Å². The van der Waals surface area contributed by atoms with E-state index < -0.39 is 13.9 Å². The monoisotopic (exact) mass is 494 g/mol. The zero-order chi connectivity index (χ0) is 26.2. The normalized spacial score (nSPS) is 21.7. The second-order valence-corrected chi connectivity index (χ2v) is 10.6. The highest BCUT2D eigenvalue weighted by Crippen LogP contribution is 2.47. The lowest BCUT2D eigenvalue weighted by Crippen LogP contribution is -2.51. The average molecular weight is 494 g/mol. The molecule has 6 rings (SSSR count). The molecule has 6 heterocycles. The summed E-state index contributed by atoms with van der Waals surface area (Å²) in [5.41, 5.74) is 7.68. The standard InChI is InChI=1S/C26H28B2F4N4/c1-13-9-21-11-23-25(15(3)19(7)35(23)27(29,30)33(21)17(13)5)26-16(4)20(8)36-24(26)12-22-10-14(2)18(6)34(22)28(36,31)32/h9-12H,1-8H3. The summed E-state index contributed by atoms with van der Waals surface area (Å²) in [5, 5.41) is 0. The lowest BCUT2D eigenvalue weighted by Gasteiger charge is -2.32. The summed E-state index contributed by atoms with van der Waals surface area (Å²) < 4.78 is 68.8. The maximum Gasteiger partial charge on any atom is 0.737 e. The van der Waals surface area contributed by atoms with Gasteiger partial charge in [0.05, 0.1) is 11.1 Å². The molecular weight excluding hydrogens is 466 g/mol. The SMILES string of the molecule is CC1=C(C2=C(C)C(C)=[N+]3C2=Cc2cc(C)c(C)n2[B-]3(F)F)C2=Cc3cc(C)c(C)n3[B-](F)(F)[N+]2=C1C. The molecule has 186 valence electrons. The quantitative estimate of drug-likeness (QED) is 0.343. The lowest BCUT2D eigenvalue weighted by atomic mass is 9.85. The highest BCUT2D eigenvalue weighted by molar-refractivity contribution is 6.59. The topological polar surface area (TPSA) is 15.9 Å². The largest absolute Gasteiger partial charge is 0.737 e. The summed E-state index contributed by atoms with van der Waals surface area (Å²) in [7, 11) is 0. The van der Waals surface area contributed by atoms with E-state index in [-0.39, 0.29) is 0 Å². The van der Waals surface area contributed by atoms with Gasteiger partial charge in [0.15, 0.2) is 11.4 Å². The summed E-state index contributed by atoms with van der Waals surface area (Å²) >= 11 is 0. The first kappa shape index (κ1) is 23.1. The number of fused-ring (bicyclic) bond motifs is 4. The van der Waals surface area contributed by atoms with Gasteiger partial charge in [-0.2, -0.15) is 0 Å². The van der Waals surface area contributed by atoms with Gasteiger partial charge < -0.3 is 35.2 Å². The molecule has 2 aromatic heterocycles. The van der Waals surface area contributed by atoms with E-state index in [1.165, 1.54) is 0 Å². The number of rotatable bonds is 1.